The van der Waals surface area contributed by atoms with Crippen molar-refractivity contribution in [1.82, 2.24) is 0 Å². The largest absolute Gasteiger partial charge is 0.399 e. The first kappa shape index (κ1) is 16.4. The summed E-state index contributed by atoms with van der Waals surface area (Å²) in [5, 5.41) is 5.47. The minimum atomic E-state index is 0.130. The van der Waals surface area contributed by atoms with Gasteiger partial charge in [0.05, 0.1) is 0 Å². The molecule has 0 radical (unpaired) electrons. The Bertz CT molecular complexity index is 1170. The Hall–Kier alpha value is -2.80. The molecule has 0 saturated carbocycles. The van der Waals surface area contributed by atoms with E-state index in [-0.39, 0.29) is 5.41 Å². The molecule has 5 rings (SSSR count). The van der Waals surface area contributed by atoms with Crippen molar-refractivity contribution in [2.75, 3.05) is 5.73 Å². The van der Waals surface area contributed by atoms with Crippen LogP contribution in [0.4, 0.5) is 5.69 Å². The Kier molecular flexibility index (Phi) is 3.55. The third-order valence-corrected chi connectivity index (χ3v) is 6.29. The zero-order chi connectivity index (χ0) is 18.6. The van der Waals surface area contributed by atoms with Crippen LogP contribution in [0.25, 0.3) is 21.5 Å². The summed E-state index contributed by atoms with van der Waals surface area (Å²) in [6.45, 7) is 4.80. The first-order chi connectivity index (χ1) is 13.0. The van der Waals surface area contributed by atoms with Gasteiger partial charge in [-0.1, -0.05) is 74.5 Å². The van der Waals surface area contributed by atoms with Crippen molar-refractivity contribution >= 4 is 27.2 Å². The molecule has 4 aromatic carbocycles. The normalized spacial score (nSPS) is 18.5. The lowest BCUT2D eigenvalue weighted by Gasteiger charge is -2.39. The quantitative estimate of drug-likeness (QED) is 0.304. The summed E-state index contributed by atoms with van der Waals surface area (Å²) in [5.74, 6) is 0.522. The molecule has 0 aliphatic heterocycles. The van der Waals surface area contributed by atoms with Crippen LogP contribution in [0.5, 0.6) is 0 Å². The van der Waals surface area contributed by atoms with Crippen LogP contribution in [0.15, 0.2) is 72.8 Å². The van der Waals surface area contributed by atoms with E-state index in [9.17, 15) is 0 Å². The number of anilines is 1. The van der Waals surface area contributed by atoms with E-state index in [4.69, 9.17) is 5.73 Å². The van der Waals surface area contributed by atoms with E-state index in [1.54, 1.807) is 0 Å². The monoisotopic (exact) mass is 351 g/mol. The fourth-order valence-electron chi connectivity index (χ4n) is 5.21. The van der Waals surface area contributed by atoms with Crippen molar-refractivity contribution in [3.05, 3.63) is 89.5 Å². The molecule has 27 heavy (non-hydrogen) atoms. The molecule has 1 aliphatic rings. The van der Waals surface area contributed by atoms with E-state index in [1.807, 2.05) is 6.07 Å². The van der Waals surface area contributed by atoms with Gasteiger partial charge < -0.3 is 5.73 Å². The van der Waals surface area contributed by atoms with E-state index < -0.39 is 0 Å². The predicted octanol–water partition coefficient (Wildman–Crippen LogP) is 6.58. The number of benzene rings is 4. The number of hydrogen-bond acceptors (Lipinski definition) is 1. The van der Waals surface area contributed by atoms with Crippen LogP contribution in [0.3, 0.4) is 0 Å². The lowest BCUT2D eigenvalue weighted by molar-refractivity contribution is 0.395. The van der Waals surface area contributed by atoms with Gasteiger partial charge in [0.15, 0.2) is 0 Å². The van der Waals surface area contributed by atoms with Crippen molar-refractivity contribution in [2.45, 2.75) is 38.0 Å². The van der Waals surface area contributed by atoms with Gasteiger partial charge in [0, 0.05) is 5.69 Å². The van der Waals surface area contributed by atoms with E-state index in [2.05, 4.69) is 80.6 Å². The molecule has 1 unspecified atom stereocenters. The molecule has 4 aromatic rings. The molecule has 134 valence electrons. The summed E-state index contributed by atoms with van der Waals surface area (Å²) < 4.78 is 0. The summed E-state index contributed by atoms with van der Waals surface area (Å²) in [4.78, 5) is 0. The van der Waals surface area contributed by atoms with Crippen molar-refractivity contribution in [3.8, 4) is 0 Å². The highest BCUT2D eigenvalue weighted by atomic mass is 14.5. The van der Waals surface area contributed by atoms with E-state index in [1.165, 1.54) is 38.2 Å². The number of fused-ring (bicyclic) bond motifs is 5. The smallest absolute Gasteiger partial charge is 0.0316 e. The summed E-state index contributed by atoms with van der Waals surface area (Å²) in [6.07, 6.45) is 2.24. The zero-order valence-electron chi connectivity index (χ0n) is 16.0. The number of rotatable bonds is 1. The lowest BCUT2D eigenvalue weighted by atomic mass is 9.65. The van der Waals surface area contributed by atoms with Crippen LogP contribution in [0.1, 0.15) is 42.9 Å². The van der Waals surface area contributed by atoms with Gasteiger partial charge in [-0.2, -0.15) is 0 Å². The molecule has 0 heterocycles. The molecular formula is C26H25N. The molecule has 1 heteroatoms. The molecule has 0 saturated heterocycles. The maximum absolute atomic E-state index is 6.05. The van der Waals surface area contributed by atoms with Crippen LogP contribution in [0.2, 0.25) is 0 Å². The zero-order valence-corrected chi connectivity index (χ0v) is 16.0. The molecule has 2 N–H and O–H groups in total. The minimum Gasteiger partial charge on any atom is -0.399 e. The highest BCUT2D eigenvalue weighted by molar-refractivity contribution is 6.09. The highest BCUT2D eigenvalue weighted by Gasteiger charge is 2.35. The van der Waals surface area contributed by atoms with Gasteiger partial charge in [-0.25, -0.2) is 0 Å². The second-order valence-corrected chi connectivity index (χ2v) is 8.64. The maximum Gasteiger partial charge on any atom is 0.0316 e. The van der Waals surface area contributed by atoms with Crippen LogP contribution >= 0.6 is 0 Å². The van der Waals surface area contributed by atoms with Gasteiger partial charge in [-0.05, 0) is 74.5 Å². The van der Waals surface area contributed by atoms with Crippen LogP contribution in [0, 0.1) is 0 Å². The summed E-state index contributed by atoms with van der Waals surface area (Å²) in [6, 6.07) is 26.5. The molecule has 0 amide bonds. The Balaban J connectivity index is 1.70. The molecule has 1 atom stereocenters. The van der Waals surface area contributed by atoms with E-state index >= 15 is 0 Å². The highest BCUT2D eigenvalue weighted by Crippen LogP contribution is 2.47. The van der Waals surface area contributed by atoms with Crippen molar-refractivity contribution in [2.24, 2.45) is 0 Å². The number of nitrogen functional groups attached to an aromatic ring is 1. The molecular weight excluding hydrogens is 326 g/mol. The third kappa shape index (κ3) is 2.61. The fraction of sp³-hybridized carbons (Fsp3) is 0.231. The lowest BCUT2D eigenvalue weighted by Crippen LogP contribution is -2.29. The van der Waals surface area contributed by atoms with Crippen LogP contribution in [-0.2, 0) is 11.8 Å². The standard InChI is InChI=1S/C26H25N/c1-26(2)16-20(18-7-5-8-21(27)15-18)14-19-11-12-23-22-9-4-3-6-17(22)10-13-24(23)25(19)26/h3-13,15,20H,14,16,27H2,1-2H3. The van der Waals surface area contributed by atoms with Gasteiger partial charge in [-0.3, -0.25) is 0 Å². The number of hydrogen-bond donors (Lipinski definition) is 1. The predicted molar refractivity (Wildman–Crippen MR) is 116 cm³/mol. The Labute approximate surface area is 160 Å². The molecule has 1 nitrogen and oxygen atoms in total. The van der Waals surface area contributed by atoms with Gasteiger partial charge in [-0.15, -0.1) is 0 Å². The van der Waals surface area contributed by atoms with Gasteiger partial charge in [0.25, 0.3) is 0 Å². The molecule has 0 bridgehead atoms. The van der Waals surface area contributed by atoms with E-state index in [0.717, 1.165) is 18.5 Å². The topological polar surface area (TPSA) is 26.0 Å². The first-order valence-electron chi connectivity index (χ1n) is 9.82. The second kappa shape index (κ2) is 5.85. The SMILES string of the molecule is CC1(C)CC(c2cccc(N)c2)Cc2ccc3c(ccc4ccccc43)c21. The average Bonchev–Trinajstić information content (AvgIpc) is 2.66. The summed E-state index contributed by atoms with van der Waals surface area (Å²) >= 11 is 0. The Morgan fingerprint density at radius 3 is 2.48 bits per heavy atom. The van der Waals surface area contributed by atoms with Crippen molar-refractivity contribution in [3.63, 3.8) is 0 Å². The second-order valence-electron chi connectivity index (χ2n) is 8.64. The first-order valence-corrected chi connectivity index (χ1v) is 9.82. The Morgan fingerprint density at radius 1 is 0.815 bits per heavy atom. The van der Waals surface area contributed by atoms with Gasteiger partial charge >= 0.3 is 0 Å². The van der Waals surface area contributed by atoms with Gasteiger partial charge in [0.2, 0.25) is 0 Å². The van der Waals surface area contributed by atoms with Crippen molar-refractivity contribution < 1.29 is 0 Å². The fourth-order valence-corrected chi connectivity index (χ4v) is 5.21. The van der Waals surface area contributed by atoms with Gasteiger partial charge in [0.1, 0.15) is 0 Å². The van der Waals surface area contributed by atoms with Crippen molar-refractivity contribution in [1.29, 1.82) is 0 Å². The van der Waals surface area contributed by atoms with Crippen LogP contribution in [-0.4, -0.2) is 0 Å². The average molecular weight is 351 g/mol. The van der Waals surface area contributed by atoms with E-state index in [0.29, 0.717) is 5.92 Å². The molecule has 1 aliphatic carbocycles. The summed E-state index contributed by atoms with van der Waals surface area (Å²) in [7, 11) is 0. The molecule has 0 spiro atoms. The number of nitrogens with two attached hydrogens (primary N) is 1. The minimum absolute atomic E-state index is 0.130. The summed E-state index contributed by atoms with van der Waals surface area (Å²) in [5.41, 5.74) is 11.4. The molecule has 0 aromatic heterocycles. The Morgan fingerprint density at radius 2 is 1.63 bits per heavy atom. The van der Waals surface area contributed by atoms with Crippen LogP contribution < -0.4 is 5.73 Å². The molecule has 0 fully saturated rings. The third-order valence-electron chi connectivity index (χ3n) is 6.29. The maximum atomic E-state index is 6.05.